The maximum absolute atomic E-state index is 5.65. The molecule has 1 N–H and O–H groups in total. The van der Waals surface area contributed by atoms with Crippen LogP contribution in [0.25, 0.3) is 0 Å². The first kappa shape index (κ1) is 17.2. The van der Waals surface area contributed by atoms with E-state index < -0.39 is 0 Å². The molecule has 1 unspecified atom stereocenters. The molecule has 6 heteroatoms. The predicted molar refractivity (Wildman–Crippen MR) is 102 cm³/mol. The van der Waals surface area contributed by atoms with Gasteiger partial charge < -0.3 is 15.0 Å². The molecule has 1 atom stereocenters. The Morgan fingerprint density at radius 1 is 1.12 bits per heavy atom. The second-order valence-electron chi connectivity index (χ2n) is 7.28. The fourth-order valence-corrected chi connectivity index (χ4v) is 3.82. The second-order valence-corrected chi connectivity index (χ2v) is 7.28. The standard InChI is InChI=1S/C20H27N5O/c1-2-5-16(6-3-1)13-17-8-10-25(11-9-17)20-23-19(15-22-24-20)21-14-18-7-4-12-26-18/h1-3,5-6,15,17-18H,4,7-14H2,(H,21,23,24). The summed E-state index contributed by atoms with van der Waals surface area (Å²) in [5.41, 5.74) is 1.43. The molecule has 6 nitrogen and oxygen atoms in total. The van der Waals surface area contributed by atoms with Crippen molar-refractivity contribution in [3.8, 4) is 0 Å². The summed E-state index contributed by atoms with van der Waals surface area (Å²) in [7, 11) is 0. The highest BCUT2D eigenvalue weighted by Crippen LogP contribution is 2.24. The molecular formula is C20H27N5O. The Hall–Kier alpha value is -2.21. The van der Waals surface area contributed by atoms with Crippen molar-refractivity contribution in [1.29, 1.82) is 0 Å². The number of aromatic nitrogens is 3. The van der Waals surface area contributed by atoms with E-state index in [1.807, 2.05) is 0 Å². The summed E-state index contributed by atoms with van der Waals surface area (Å²) in [4.78, 5) is 6.91. The van der Waals surface area contributed by atoms with Crippen molar-refractivity contribution in [2.45, 2.75) is 38.2 Å². The molecule has 0 saturated carbocycles. The van der Waals surface area contributed by atoms with Gasteiger partial charge in [-0.05, 0) is 43.6 Å². The van der Waals surface area contributed by atoms with Gasteiger partial charge in [-0.25, -0.2) is 0 Å². The van der Waals surface area contributed by atoms with Crippen LogP contribution in [0.15, 0.2) is 36.5 Å². The lowest BCUT2D eigenvalue weighted by Crippen LogP contribution is -2.35. The van der Waals surface area contributed by atoms with Crippen LogP contribution in [0.1, 0.15) is 31.2 Å². The zero-order chi connectivity index (χ0) is 17.6. The lowest BCUT2D eigenvalue weighted by Gasteiger charge is -2.31. The maximum atomic E-state index is 5.65. The van der Waals surface area contributed by atoms with E-state index in [9.17, 15) is 0 Å². The van der Waals surface area contributed by atoms with Gasteiger partial charge in [0.25, 0.3) is 0 Å². The van der Waals surface area contributed by atoms with E-state index in [4.69, 9.17) is 4.74 Å². The molecule has 138 valence electrons. The Morgan fingerprint density at radius 3 is 2.73 bits per heavy atom. The zero-order valence-corrected chi connectivity index (χ0v) is 15.2. The SMILES string of the molecule is c1ccc(CC2CCN(c3nncc(NCC4CCCO4)n3)CC2)cc1. The maximum Gasteiger partial charge on any atom is 0.247 e. The van der Waals surface area contributed by atoms with Crippen molar-refractivity contribution in [2.75, 3.05) is 36.5 Å². The Bertz CT molecular complexity index is 682. The lowest BCUT2D eigenvalue weighted by atomic mass is 9.90. The number of nitrogens with one attached hydrogen (secondary N) is 1. The number of hydrogen-bond donors (Lipinski definition) is 1. The van der Waals surface area contributed by atoms with Gasteiger partial charge in [-0.2, -0.15) is 10.1 Å². The van der Waals surface area contributed by atoms with Gasteiger partial charge in [-0.1, -0.05) is 30.3 Å². The van der Waals surface area contributed by atoms with Gasteiger partial charge in [0.1, 0.15) is 0 Å². The Balaban J connectivity index is 1.29. The third kappa shape index (κ3) is 4.49. The Kier molecular flexibility index (Phi) is 5.59. The predicted octanol–water partition coefficient (Wildman–Crippen LogP) is 2.92. The molecule has 1 aromatic heterocycles. The van der Waals surface area contributed by atoms with Crippen molar-refractivity contribution in [3.05, 3.63) is 42.1 Å². The molecule has 0 amide bonds. The van der Waals surface area contributed by atoms with Crippen molar-refractivity contribution in [3.63, 3.8) is 0 Å². The molecule has 3 heterocycles. The molecule has 0 bridgehead atoms. The first-order valence-corrected chi connectivity index (χ1v) is 9.71. The smallest absolute Gasteiger partial charge is 0.247 e. The number of nitrogens with zero attached hydrogens (tertiary/aromatic N) is 4. The van der Waals surface area contributed by atoms with E-state index in [-0.39, 0.29) is 0 Å². The summed E-state index contributed by atoms with van der Waals surface area (Å²) in [6.45, 7) is 3.65. The van der Waals surface area contributed by atoms with E-state index >= 15 is 0 Å². The van der Waals surface area contributed by atoms with Crippen LogP contribution in [0.2, 0.25) is 0 Å². The van der Waals surface area contributed by atoms with E-state index in [2.05, 4.69) is 55.7 Å². The lowest BCUT2D eigenvalue weighted by molar-refractivity contribution is 0.120. The van der Waals surface area contributed by atoms with Gasteiger partial charge in [0, 0.05) is 26.2 Å². The fraction of sp³-hybridized carbons (Fsp3) is 0.550. The monoisotopic (exact) mass is 353 g/mol. The Labute approximate surface area is 155 Å². The molecule has 2 saturated heterocycles. The van der Waals surface area contributed by atoms with Gasteiger partial charge in [0.05, 0.1) is 12.3 Å². The van der Waals surface area contributed by atoms with Crippen molar-refractivity contribution < 1.29 is 4.74 Å². The molecular weight excluding hydrogens is 326 g/mol. The zero-order valence-electron chi connectivity index (χ0n) is 15.2. The average molecular weight is 353 g/mol. The summed E-state index contributed by atoms with van der Waals surface area (Å²) in [5, 5.41) is 11.7. The molecule has 2 aliphatic rings. The second kappa shape index (κ2) is 8.45. The van der Waals surface area contributed by atoms with Gasteiger partial charge in [-0.15, -0.1) is 5.10 Å². The highest BCUT2D eigenvalue weighted by Gasteiger charge is 2.22. The van der Waals surface area contributed by atoms with E-state index in [0.29, 0.717) is 6.10 Å². The number of piperidine rings is 1. The van der Waals surface area contributed by atoms with Crippen LogP contribution < -0.4 is 10.2 Å². The van der Waals surface area contributed by atoms with Crippen LogP contribution in [0.3, 0.4) is 0 Å². The van der Waals surface area contributed by atoms with Crippen LogP contribution in [-0.4, -0.2) is 47.5 Å². The summed E-state index contributed by atoms with van der Waals surface area (Å²) < 4.78 is 5.65. The summed E-state index contributed by atoms with van der Waals surface area (Å²) >= 11 is 0. The number of rotatable bonds is 6. The summed E-state index contributed by atoms with van der Waals surface area (Å²) in [6, 6.07) is 10.8. The minimum atomic E-state index is 0.294. The summed E-state index contributed by atoms with van der Waals surface area (Å²) in [6.07, 6.45) is 7.77. The Morgan fingerprint density at radius 2 is 1.96 bits per heavy atom. The van der Waals surface area contributed by atoms with Crippen LogP contribution >= 0.6 is 0 Å². The molecule has 1 aromatic carbocycles. The topological polar surface area (TPSA) is 63.2 Å². The fourth-order valence-electron chi connectivity index (χ4n) is 3.82. The first-order chi connectivity index (χ1) is 12.9. The molecule has 2 aliphatic heterocycles. The molecule has 0 spiro atoms. The van der Waals surface area contributed by atoms with Gasteiger partial charge >= 0.3 is 0 Å². The quantitative estimate of drug-likeness (QED) is 0.861. The third-order valence-electron chi connectivity index (χ3n) is 5.35. The minimum absolute atomic E-state index is 0.294. The van der Waals surface area contributed by atoms with E-state index in [1.54, 1.807) is 6.20 Å². The molecule has 2 fully saturated rings. The van der Waals surface area contributed by atoms with Gasteiger partial charge in [0.15, 0.2) is 5.82 Å². The highest BCUT2D eigenvalue weighted by atomic mass is 16.5. The number of benzene rings is 1. The molecule has 4 rings (SSSR count). The number of anilines is 2. The average Bonchev–Trinajstić information content (AvgIpc) is 3.22. The number of hydrogen-bond acceptors (Lipinski definition) is 6. The normalized spacial score (nSPS) is 21.1. The van der Waals surface area contributed by atoms with Crippen molar-refractivity contribution in [2.24, 2.45) is 5.92 Å². The molecule has 0 aliphatic carbocycles. The van der Waals surface area contributed by atoms with Crippen LogP contribution in [0, 0.1) is 5.92 Å². The first-order valence-electron chi connectivity index (χ1n) is 9.71. The van der Waals surface area contributed by atoms with Crippen LogP contribution in [0.5, 0.6) is 0 Å². The van der Waals surface area contributed by atoms with Crippen LogP contribution in [-0.2, 0) is 11.2 Å². The van der Waals surface area contributed by atoms with E-state index in [0.717, 1.165) is 63.2 Å². The molecule has 26 heavy (non-hydrogen) atoms. The number of ether oxygens (including phenoxy) is 1. The van der Waals surface area contributed by atoms with Crippen LogP contribution in [0.4, 0.5) is 11.8 Å². The van der Waals surface area contributed by atoms with Crippen molar-refractivity contribution in [1.82, 2.24) is 15.2 Å². The van der Waals surface area contributed by atoms with Gasteiger partial charge in [0.2, 0.25) is 5.95 Å². The van der Waals surface area contributed by atoms with Gasteiger partial charge in [-0.3, -0.25) is 0 Å². The molecule has 0 radical (unpaired) electrons. The highest BCUT2D eigenvalue weighted by molar-refractivity contribution is 5.39. The largest absolute Gasteiger partial charge is 0.376 e. The minimum Gasteiger partial charge on any atom is -0.376 e. The summed E-state index contributed by atoms with van der Waals surface area (Å²) in [5.74, 6) is 2.26. The molecule has 2 aromatic rings. The van der Waals surface area contributed by atoms with E-state index in [1.165, 1.54) is 18.4 Å². The van der Waals surface area contributed by atoms with Crippen molar-refractivity contribution >= 4 is 11.8 Å². The third-order valence-corrected chi connectivity index (χ3v) is 5.35.